The van der Waals surface area contributed by atoms with Crippen LogP contribution in [0.3, 0.4) is 0 Å². The van der Waals surface area contributed by atoms with Crippen molar-refractivity contribution in [3.05, 3.63) is 40.1 Å². The first-order chi connectivity index (χ1) is 10.4. The summed E-state index contributed by atoms with van der Waals surface area (Å²) in [6, 6.07) is 4.28. The lowest BCUT2D eigenvalue weighted by molar-refractivity contribution is -0.114. The second kappa shape index (κ2) is 6.83. The van der Waals surface area contributed by atoms with Crippen LogP contribution in [0.2, 0.25) is 5.02 Å². The molecule has 1 aromatic rings. The normalized spacial score (nSPS) is 17.8. The molecule has 0 bridgehead atoms. The molecule has 2 rings (SSSR count). The third-order valence-electron chi connectivity index (χ3n) is 3.39. The number of amides is 2. The molecular formula is C16H19ClN2O3. The number of ether oxygens (including phenoxy) is 1. The first-order valence-electron chi connectivity index (χ1n) is 7.15. The van der Waals surface area contributed by atoms with Gasteiger partial charge in [0.25, 0.3) is 0 Å². The molecule has 0 unspecified atom stereocenters. The van der Waals surface area contributed by atoms with Crippen LogP contribution in [-0.4, -0.2) is 18.4 Å². The highest BCUT2D eigenvalue weighted by Gasteiger charge is 2.31. The molecule has 22 heavy (non-hydrogen) atoms. The predicted molar refractivity (Wildman–Crippen MR) is 85.0 cm³/mol. The lowest BCUT2D eigenvalue weighted by Gasteiger charge is -2.29. The summed E-state index contributed by atoms with van der Waals surface area (Å²) in [4.78, 5) is 23.8. The largest absolute Gasteiger partial charge is 0.493 e. The molecule has 0 saturated heterocycles. The van der Waals surface area contributed by atoms with Gasteiger partial charge in [-0.1, -0.05) is 18.5 Å². The van der Waals surface area contributed by atoms with Crippen molar-refractivity contribution < 1.29 is 14.3 Å². The number of hydrogen-bond acceptors (Lipinski definition) is 3. The van der Waals surface area contributed by atoms with Gasteiger partial charge in [-0.3, -0.25) is 4.79 Å². The molecule has 1 heterocycles. The first kappa shape index (κ1) is 16.4. The van der Waals surface area contributed by atoms with E-state index in [0.717, 1.165) is 6.42 Å². The number of ketones is 1. The van der Waals surface area contributed by atoms with E-state index < -0.39 is 6.04 Å². The van der Waals surface area contributed by atoms with Gasteiger partial charge in [-0.2, -0.15) is 0 Å². The van der Waals surface area contributed by atoms with Gasteiger partial charge in [-0.15, -0.1) is 0 Å². The fraction of sp³-hybridized carbons (Fsp3) is 0.375. The summed E-state index contributed by atoms with van der Waals surface area (Å²) in [5.41, 5.74) is 1.73. The van der Waals surface area contributed by atoms with Gasteiger partial charge >= 0.3 is 6.03 Å². The van der Waals surface area contributed by atoms with E-state index in [1.165, 1.54) is 6.92 Å². The molecule has 1 aliphatic rings. The average molecular weight is 323 g/mol. The summed E-state index contributed by atoms with van der Waals surface area (Å²) >= 11 is 6.09. The van der Waals surface area contributed by atoms with Crippen LogP contribution in [0.15, 0.2) is 29.5 Å². The van der Waals surface area contributed by atoms with E-state index in [2.05, 4.69) is 10.6 Å². The number of nitrogens with one attached hydrogen (secondary N) is 2. The van der Waals surface area contributed by atoms with Gasteiger partial charge in [0.15, 0.2) is 5.78 Å². The van der Waals surface area contributed by atoms with Crippen LogP contribution in [0, 0.1) is 0 Å². The minimum absolute atomic E-state index is 0.114. The third kappa shape index (κ3) is 3.42. The number of hydrogen-bond donors (Lipinski definition) is 2. The van der Waals surface area contributed by atoms with Crippen molar-refractivity contribution in [3.8, 4) is 5.75 Å². The van der Waals surface area contributed by atoms with Crippen molar-refractivity contribution in [1.29, 1.82) is 0 Å². The lowest BCUT2D eigenvalue weighted by atomic mass is 9.92. The summed E-state index contributed by atoms with van der Waals surface area (Å²) in [6.45, 7) is 5.74. The van der Waals surface area contributed by atoms with Gasteiger partial charge in [-0.25, -0.2) is 4.79 Å². The maximum atomic E-state index is 12.0. The van der Waals surface area contributed by atoms with Gasteiger partial charge in [0.1, 0.15) is 5.75 Å². The zero-order valence-electron chi connectivity index (χ0n) is 12.8. The predicted octanol–water partition coefficient (Wildman–Crippen LogP) is 3.35. The molecule has 2 N–H and O–H groups in total. The summed E-state index contributed by atoms with van der Waals surface area (Å²) in [5, 5.41) is 5.91. The smallest absolute Gasteiger partial charge is 0.319 e. The minimum Gasteiger partial charge on any atom is -0.493 e. The Kier molecular flexibility index (Phi) is 5.08. The quantitative estimate of drug-likeness (QED) is 0.873. The summed E-state index contributed by atoms with van der Waals surface area (Å²) in [6.07, 6.45) is 0.856. The first-order valence-corrected chi connectivity index (χ1v) is 7.53. The molecule has 0 aromatic heterocycles. The maximum Gasteiger partial charge on any atom is 0.319 e. The molecule has 5 nitrogen and oxygen atoms in total. The Morgan fingerprint density at radius 3 is 2.77 bits per heavy atom. The molecule has 0 spiro atoms. The van der Waals surface area contributed by atoms with Crippen molar-refractivity contribution in [2.75, 3.05) is 6.61 Å². The number of urea groups is 1. The van der Waals surface area contributed by atoms with Crippen LogP contribution in [0.4, 0.5) is 4.79 Å². The van der Waals surface area contributed by atoms with Gasteiger partial charge in [-0.05, 0) is 38.5 Å². The molecule has 0 aliphatic carbocycles. The molecule has 0 radical (unpaired) electrons. The van der Waals surface area contributed by atoms with Crippen molar-refractivity contribution >= 4 is 23.4 Å². The maximum absolute atomic E-state index is 12.0. The van der Waals surface area contributed by atoms with Crippen LogP contribution >= 0.6 is 11.6 Å². The molecule has 0 saturated carbocycles. The highest BCUT2D eigenvalue weighted by molar-refractivity contribution is 6.30. The van der Waals surface area contributed by atoms with Crippen LogP contribution in [0.25, 0.3) is 0 Å². The molecule has 1 atom stereocenters. The number of carbonyl (C=O) groups is 2. The molecule has 1 aliphatic heterocycles. The molecule has 6 heteroatoms. The van der Waals surface area contributed by atoms with Crippen LogP contribution in [0.5, 0.6) is 5.75 Å². The second-order valence-electron chi connectivity index (χ2n) is 5.16. The fourth-order valence-electron chi connectivity index (χ4n) is 2.48. The van der Waals surface area contributed by atoms with Gasteiger partial charge in [0.05, 0.1) is 12.6 Å². The Labute approximate surface area is 134 Å². The fourth-order valence-corrected chi connectivity index (χ4v) is 2.66. The highest BCUT2D eigenvalue weighted by atomic mass is 35.5. The van der Waals surface area contributed by atoms with E-state index in [-0.39, 0.29) is 11.8 Å². The van der Waals surface area contributed by atoms with Gasteiger partial charge in [0.2, 0.25) is 0 Å². The second-order valence-corrected chi connectivity index (χ2v) is 5.59. The summed E-state index contributed by atoms with van der Waals surface area (Å²) in [7, 11) is 0. The third-order valence-corrected chi connectivity index (χ3v) is 3.63. The van der Waals surface area contributed by atoms with E-state index in [9.17, 15) is 9.59 Å². The number of allylic oxidation sites excluding steroid dienone is 1. The Balaban J connectivity index is 2.52. The van der Waals surface area contributed by atoms with E-state index in [1.807, 2.05) is 6.92 Å². The van der Waals surface area contributed by atoms with Crippen molar-refractivity contribution in [1.82, 2.24) is 10.6 Å². The highest BCUT2D eigenvalue weighted by Crippen LogP contribution is 2.35. The number of benzene rings is 1. The van der Waals surface area contributed by atoms with Crippen LogP contribution in [-0.2, 0) is 4.79 Å². The van der Waals surface area contributed by atoms with E-state index in [4.69, 9.17) is 16.3 Å². The molecule has 2 amide bonds. The lowest BCUT2D eigenvalue weighted by Crippen LogP contribution is -2.44. The Morgan fingerprint density at radius 2 is 2.14 bits per heavy atom. The van der Waals surface area contributed by atoms with Crippen molar-refractivity contribution in [3.63, 3.8) is 0 Å². The summed E-state index contributed by atoms with van der Waals surface area (Å²) in [5.74, 6) is 0.501. The zero-order chi connectivity index (χ0) is 16.3. The topological polar surface area (TPSA) is 67.4 Å². The van der Waals surface area contributed by atoms with Crippen molar-refractivity contribution in [2.45, 2.75) is 33.2 Å². The van der Waals surface area contributed by atoms with Gasteiger partial charge in [0, 0.05) is 21.9 Å². The van der Waals surface area contributed by atoms with Gasteiger partial charge < -0.3 is 15.4 Å². The SMILES string of the molecule is CCCOc1ccc(Cl)cc1[C@@H]1NC(=O)NC(C)=C1C(C)=O. The number of rotatable bonds is 5. The molecular weight excluding hydrogens is 304 g/mol. The van der Waals surface area contributed by atoms with Crippen LogP contribution in [0.1, 0.15) is 38.8 Å². The Bertz CT molecular complexity index is 640. The van der Waals surface area contributed by atoms with E-state index in [0.29, 0.717) is 34.2 Å². The van der Waals surface area contributed by atoms with Crippen molar-refractivity contribution in [2.24, 2.45) is 0 Å². The Hall–Kier alpha value is -2.01. The molecule has 0 fully saturated rings. The summed E-state index contributed by atoms with van der Waals surface area (Å²) < 4.78 is 5.73. The zero-order valence-corrected chi connectivity index (χ0v) is 13.6. The van der Waals surface area contributed by atoms with E-state index >= 15 is 0 Å². The monoisotopic (exact) mass is 322 g/mol. The number of carbonyl (C=O) groups excluding carboxylic acids is 2. The number of Topliss-reactive ketones (excluding diaryl/α,β-unsaturated/α-hetero) is 1. The van der Waals surface area contributed by atoms with E-state index in [1.54, 1.807) is 25.1 Å². The minimum atomic E-state index is -0.572. The number of halogens is 1. The molecule has 118 valence electrons. The van der Waals surface area contributed by atoms with Crippen LogP contribution < -0.4 is 15.4 Å². The standard InChI is InChI=1S/C16H19ClN2O3/c1-4-7-22-13-6-5-11(17)8-12(13)15-14(10(3)20)9(2)18-16(21)19-15/h5-6,8,15H,4,7H2,1-3H3,(H2,18,19,21)/t15-/m0/s1. The average Bonchev–Trinajstić information content (AvgIpc) is 2.44. The Morgan fingerprint density at radius 1 is 1.41 bits per heavy atom. The molecule has 1 aromatic carbocycles.